The van der Waals surface area contributed by atoms with E-state index in [0.29, 0.717) is 36.4 Å². The molecule has 0 saturated carbocycles. The number of nitrogens with zero attached hydrogens (tertiary/aromatic N) is 4. The number of sulfone groups is 1. The van der Waals surface area contributed by atoms with Gasteiger partial charge in [0, 0.05) is 0 Å². The van der Waals surface area contributed by atoms with E-state index in [4.69, 9.17) is 10.3 Å². The Morgan fingerprint density at radius 3 is 1.58 bits per heavy atom. The quantitative estimate of drug-likeness (QED) is 0.0542. The maximum absolute atomic E-state index is 12.6. The Morgan fingerprint density at radius 2 is 1.05 bits per heavy atom. The zero-order valence-corrected chi connectivity index (χ0v) is 31.2. The summed E-state index contributed by atoms with van der Waals surface area (Å²) < 4.78 is 195. The molecule has 0 unspecified atom stereocenters. The van der Waals surface area contributed by atoms with Gasteiger partial charge in [0.15, 0.2) is 15.6 Å². The molecule has 0 amide bonds. The predicted molar refractivity (Wildman–Crippen MR) is 182 cm³/mol. The van der Waals surface area contributed by atoms with Crippen LogP contribution in [0.3, 0.4) is 0 Å². The number of benzene rings is 4. The third kappa shape index (κ3) is 9.90. The van der Waals surface area contributed by atoms with Crippen molar-refractivity contribution in [2.45, 2.75) is 24.5 Å². The van der Waals surface area contributed by atoms with Gasteiger partial charge in [0.1, 0.15) is 43.2 Å². The van der Waals surface area contributed by atoms with Gasteiger partial charge in [0.2, 0.25) is 0 Å². The number of aromatic hydroxyl groups is 2. The fraction of sp³-hybridized carbons (Fsp3) is 0.0833. The maximum atomic E-state index is 12.6. The third-order valence-electron chi connectivity index (χ3n) is 6.78. The molecule has 0 heterocycles. The van der Waals surface area contributed by atoms with Gasteiger partial charge < -0.3 is 15.9 Å². The van der Waals surface area contributed by atoms with Gasteiger partial charge in [-0.25, -0.2) is 12.6 Å². The molecular formula is C24H21N5O20S6. The number of azo groups is 2. The molecule has 9 N–H and O–H groups in total. The lowest BCUT2D eigenvalue weighted by Crippen LogP contribution is -2.15. The molecule has 0 aliphatic heterocycles. The normalized spacial score (nSPS) is 13.6. The van der Waals surface area contributed by atoms with Crippen LogP contribution in [0.15, 0.2) is 93.5 Å². The largest absolute Gasteiger partial charge is 0.506 e. The maximum Gasteiger partial charge on any atom is 0.397 e. The molecule has 0 saturated heterocycles. The molecule has 0 atom stereocenters. The molecule has 0 aliphatic rings. The second kappa shape index (κ2) is 14.7. The second-order valence-electron chi connectivity index (χ2n) is 10.5. The van der Waals surface area contributed by atoms with Gasteiger partial charge in [0.25, 0.3) is 40.5 Å². The number of anilines is 1. The molecule has 4 rings (SSSR count). The molecule has 0 aliphatic carbocycles. The average Bonchev–Trinajstić information content (AvgIpc) is 3.01. The highest BCUT2D eigenvalue weighted by molar-refractivity contribution is 7.91. The molecule has 0 bridgehead atoms. The number of nitrogens with two attached hydrogens (primary N) is 1. The molecule has 0 fully saturated rings. The van der Waals surface area contributed by atoms with E-state index in [0.717, 1.165) is 12.1 Å². The van der Waals surface area contributed by atoms with Crippen LogP contribution in [0.5, 0.6) is 11.5 Å². The van der Waals surface area contributed by atoms with Crippen LogP contribution in [0, 0.1) is 0 Å². The molecule has 0 aromatic heterocycles. The fourth-order valence-electron chi connectivity index (χ4n) is 4.41. The molecule has 4 aromatic rings. The second-order valence-corrected chi connectivity index (χ2v) is 19.2. The molecule has 298 valence electrons. The van der Waals surface area contributed by atoms with E-state index in [2.05, 4.69) is 24.6 Å². The van der Waals surface area contributed by atoms with Crippen molar-refractivity contribution in [3.63, 3.8) is 0 Å². The van der Waals surface area contributed by atoms with E-state index in [1.54, 1.807) is 0 Å². The topological polar surface area (TPSA) is 431 Å². The highest BCUT2D eigenvalue weighted by Gasteiger charge is 2.29. The van der Waals surface area contributed by atoms with Gasteiger partial charge in [-0.1, -0.05) is 0 Å². The summed E-state index contributed by atoms with van der Waals surface area (Å²) in [4.78, 5) is -5.46. The van der Waals surface area contributed by atoms with E-state index < -0.39 is 148 Å². The standard InChI is InChI=1S/C24H21N5O20S6/c25-21-20-11(7-18(53(40,41)42)22(21)28-27-15-10-13(51(34,35)36)2-4-17(15)52(37,38)39)8-19(54(43,44)45)23(24(20)31)29-26-14-9-12(1-3-16(14)30)50(32,33)6-5-49-55(46,47)48/h1-4,7-10,30-31H,5-6,25H2,(H,34,35,36)(H,37,38,39)(H,40,41,42)(H,43,44,45)(H,46,47,48). The monoisotopic (exact) mass is 891 g/mol. The van der Waals surface area contributed by atoms with Gasteiger partial charge >= 0.3 is 10.4 Å². The predicted octanol–water partition coefficient (Wildman–Crippen LogP) is 2.24. The van der Waals surface area contributed by atoms with Crippen molar-refractivity contribution in [2.75, 3.05) is 18.1 Å². The van der Waals surface area contributed by atoms with Crippen LogP contribution in [0.1, 0.15) is 0 Å². The van der Waals surface area contributed by atoms with Crippen molar-refractivity contribution in [1.29, 1.82) is 0 Å². The summed E-state index contributed by atoms with van der Waals surface area (Å²) in [6.07, 6.45) is 0. The van der Waals surface area contributed by atoms with Crippen LogP contribution < -0.4 is 5.73 Å². The number of nitrogen functional groups attached to an aromatic ring is 1. The molecule has 0 radical (unpaired) electrons. The average molecular weight is 892 g/mol. The van der Waals surface area contributed by atoms with Crippen molar-refractivity contribution in [3.8, 4) is 11.5 Å². The van der Waals surface area contributed by atoms with Crippen LogP contribution >= 0.6 is 0 Å². The van der Waals surface area contributed by atoms with Crippen LogP contribution in [0.2, 0.25) is 0 Å². The number of rotatable bonds is 13. The summed E-state index contributed by atoms with van der Waals surface area (Å²) in [5.74, 6) is -3.23. The minimum absolute atomic E-state index is 0.365. The van der Waals surface area contributed by atoms with E-state index in [-0.39, 0.29) is 0 Å². The zero-order valence-electron chi connectivity index (χ0n) is 26.3. The Labute approximate surface area is 309 Å². The van der Waals surface area contributed by atoms with Crippen molar-refractivity contribution in [2.24, 2.45) is 20.5 Å². The van der Waals surface area contributed by atoms with Gasteiger partial charge in [-0.3, -0.25) is 22.8 Å². The van der Waals surface area contributed by atoms with Crippen LogP contribution in [0.25, 0.3) is 10.8 Å². The van der Waals surface area contributed by atoms with Gasteiger partial charge in [0.05, 0.1) is 33.2 Å². The summed E-state index contributed by atoms with van der Waals surface area (Å²) in [5.41, 5.74) is 0.840. The van der Waals surface area contributed by atoms with Gasteiger partial charge in [-0.05, 0) is 53.9 Å². The van der Waals surface area contributed by atoms with Crippen molar-refractivity contribution < 1.29 is 87.7 Å². The third-order valence-corrected chi connectivity index (χ3v) is 12.4. The molecule has 0 spiro atoms. The Balaban J connectivity index is 1.99. The van der Waals surface area contributed by atoms with Gasteiger partial charge in [-0.15, -0.1) is 20.5 Å². The van der Waals surface area contributed by atoms with Crippen LogP contribution in [-0.4, -0.2) is 95.8 Å². The van der Waals surface area contributed by atoms with Crippen LogP contribution in [-0.2, 0) is 64.9 Å². The van der Waals surface area contributed by atoms with Crippen LogP contribution in [0.4, 0.5) is 28.4 Å². The fourth-order valence-corrected chi connectivity index (χ4v) is 8.35. The Morgan fingerprint density at radius 1 is 0.564 bits per heavy atom. The number of phenols is 2. The number of phenolic OH excluding ortho intramolecular Hbond substituents is 2. The van der Waals surface area contributed by atoms with E-state index in [9.17, 15) is 78.9 Å². The lowest BCUT2D eigenvalue weighted by Gasteiger charge is -2.14. The molecule has 25 nitrogen and oxygen atoms in total. The lowest BCUT2D eigenvalue weighted by molar-refractivity contribution is 0.284. The van der Waals surface area contributed by atoms with E-state index in [1.165, 1.54) is 0 Å². The molecule has 4 aromatic carbocycles. The van der Waals surface area contributed by atoms with Gasteiger partial charge in [-0.2, -0.15) is 42.1 Å². The Kier molecular flexibility index (Phi) is 11.5. The SMILES string of the molecule is Nc1c(N=Nc2cc(S(=O)(=O)O)ccc2S(=O)(=O)O)c(S(=O)(=O)O)cc2cc(S(=O)(=O)O)c(N=Nc3cc(S(=O)(=O)CCOS(=O)(=O)O)ccc3O)c(O)c12. The highest BCUT2D eigenvalue weighted by atomic mass is 32.3. The van der Waals surface area contributed by atoms with Crippen molar-refractivity contribution in [3.05, 3.63) is 48.5 Å². The minimum atomic E-state index is -5.47. The Bertz CT molecular complexity index is 3020. The Hall–Kier alpha value is -4.80. The lowest BCUT2D eigenvalue weighted by atomic mass is 10.1. The highest BCUT2D eigenvalue weighted by Crippen LogP contribution is 2.48. The summed E-state index contributed by atoms with van der Waals surface area (Å²) in [6.45, 7) is -1.05. The van der Waals surface area contributed by atoms with E-state index >= 15 is 0 Å². The number of hydrogen-bond acceptors (Lipinski definition) is 20. The first-order valence-corrected chi connectivity index (χ1v) is 22.4. The molecular weight excluding hydrogens is 871 g/mol. The summed E-state index contributed by atoms with van der Waals surface area (Å²) >= 11 is 0. The smallest absolute Gasteiger partial charge is 0.397 e. The molecule has 55 heavy (non-hydrogen) atoms. The first-order valence-electron chi connectivity index (χ1n) is 13.6. The van der Waals surface area contributed by atoms with E-state index in [1.807, 2.05) is 0 Å². The molecule has 31 heteroatoms. The number of fused-ring (bicyclic) bond motifs is 1. The first-order chi connectivity index (χ1) is 24.9. The zero-order chi connectivity index (χ0) is 41.7. The minimum Gasteiger partial charge on any atom is -0.506 e. The summed E-state index contributed by atoms with van der Waals surface area (Å²) in [5, 5.41) is 33.8. The van der Waals surface area contributed by atoms with Crippen molar-refractivity contribution >= 4 is 99.9 Å². The first kappa shape index (κ1) is 42.9. The summed E-state index contributed by atoms with van der Waals surface area (Å²) in [7, 11) is -30.7. The summed E-state index contributed by atoms with van der Waals surface area (Å²) in [6, 6.07) is 4.43. The van der Waals surface area contributed by atoms with Crippen molar-refractivity contribution in [1.82, 2.24) is 0 Å². The number of hydrogen-bond donors (Lipinski definition) is 8.